The number of hydrogen-bond donors (Lipinski definition) is 2. The van der Waals surface area contributed by atoms with Crippen molar-refractivity contribution in [3.8, 4) is 0 Å². The third-order valence-corrected chi connectivity index (χ3v) is 6.46. The number of rotatable bonds is 4. The van der Waals surface area contributed by atoms with Crippen LogP contribution in [0.4, 0.5) is 16.2 Å². The van der Waals surface area contributed by atoms with Gasteiger partial charge < -0.3 is 10.2 Å². The normalized spacial score (nSPS) is 14.7. The predicted octanol–water partition coefficient (Wildman–Crippen LogP) is 4.81. The van der Waals surface area contributed by atoms with E-state index in [0.717, 1.165) is 32.4 Å². The highest BCUT2D eigenvalue weighted by Gasteiger charge is 2.18. The van der Waals surface area contributed by atoms with Crippen molar-refractivity contribution in [1.29, 1.82) is 0 Å². The van der Waals surface area contributed by atoms with Crippen LogP contribution in [0.25, 0.3) is 0 Å². The largest absolute Gasteiger partial charge is 0.325 e. The van der Waals surface area contributed by atoms with Gasteiger partial charge in [0.2, 0.25) is 0 Å². The SMILES string of the molecule is O=C(Nc1ccc(S(=O)(=O)Nc2cccc(Cl)c2Cl)cc1)N1CCCCC1. The van der Waals surface area contributed by atoms with E-state index in [1.165, 1.54) is 18.2 Å². The molecular formula is C18H19Cl2N3O3S. The van der Waals surface area contributed by atoms with Crippen molar-refractivity contribution in [2.45, 2.75) is 24.2 Å². The van der Waals surface area contributed by atoms with Gasteiger partial charge in [-0.2, -0.15) is 0 Å². The minimum atomic E-state index is -3.83. The van der Waals surface area contributed by atoms with E-state index in [1.807, 2.05) is 0 Å². The van der Waals surface area contributed by atoms with Crippen LogP contribution >= 0.6 is 23.2 Å². The van der Waals surface area contributed by atoms with Gasteiger partial charge in [-0.05, 0) is 55.7 Å². The summed E-state index contributed by atoms with van der Waals surface area (Å²) in [5.41, 5.74) is 0.733. The highest BCUT2D eigenvalue weighted by Crippen LogP contribution is 2.31. The molecule has 0 atom stereocenters. The lowest BCUT2D eigenvalue weighted by Gasteiger charge is -2.26. The van der Waals surface area contributed by atoms with E-state index in [2.05, 4.69) is 10.0 Å². The summed E-state index contributed by atoms with van der Waals surface area (Å²) in [5.74, 6) is 0. The Hall–Kier alpha value is -1.96. The number of hydrogen-bond acceptors (Lipinski definition) is 3. The van der Waals surface area contributed by atoms with Crippen LogP contribution in [0.2, 0.25) is 10.0 Å². The van der Waals surface area contributed by atoms with Crippen molar-refractivity contribution in [3.63, 3.8) is 0 Å². The lowest BCUT2D eigenvalue weighted by Crippen LogP contribution is -2.38. The highest BCUT2D eigenvalue weighted by molar-refractivity contribution is 7.92. The van der Waals surface area contributed by atoms with E-state index in [4.69, 9.17) is 23.2 Å². The first-order chi connectivity index (χ1) is 12.9. The van der Waals surface area contributed by atoms with Gasteiger partial charge in [-0.15, -0.1) is 0 Å². The Labute approximate surface area is 168 Å². The maximum Gasteiger partial charge on any atom is 0.321 e. The van der Waals surface area contributed by atoms with E-state index in [9.17, 15) is 13.2 Å². The molecule has 0 unspecified atom stereocenters. The molecule has 0 radical (unpaired) electrons. The fourth-order valence-corrected chi connectivity index (χ4v) is 4.28. The van der Waals surface area contributed by atoms with Crippen LogP contribution in [-0.4, -0.2) is 32.4 Å². The summed E-state index contributed by atoms with van der Waals surface area (Å²) in [6.45, 7) is 1.48. The van der Waals surface area contributed by atoms with Gasteiger partial charge in [-0.3, -0.25) is 4.72 Å². The zero-order chi connectivity index (χ0) is 19.4. The van der Waals surface area contributed by atoms with Gasteiger partial charge in [0, 0.05) is 18.8 Å². The summed E-state index contributed by atoms with van der Waals surface area (Å²) < 4.78 is 27.5. The molecule has 6 nitrogen and oxygen atoms in total. The summed E-state index contributed by atoms with van der Waals surface area (Å²) in [5, 5.41) is 3.18. The zero-order valence-electron chi connectivity index (χ0n) is 14.4. The zero-order valence-corrected chi connectivity index (χ0v) is 16.7. The molecular weight excluding hydrogens is 409 g/mol. The molecule has 0 bridgehead atoms. The van der Waals surface area contributed by atoms with Crippen molar-refractivity contribution in [1.82, 2.24) is 4.90 Å². The Morgan fingerprint density at radius 2 is 1.63 bits per heavy atom. The average Bonchev–Trinajstić information content (AvgIpc) is 2.66. The van der Waals surface area contributed by atoms with E-state index < -0.39 is 10.0 Å². The molecule has 3 rings (SSSR count). The lowest BCUT2D eigenvalue weighted by molar-refractivity contribution is 0.200. The van der Waals surface area contributed by atoms with Crippen molar-refractivity contribution in [2.75, 3.05) is 23.1 Å². The molecule has 1 saturated heterocycles. The number of carbonyl (C=O) groups is 1. The van der Waals surface area contributed by atoms with Crippen LogP contribution in [0.5, 0.6) is 0 Å². The number of anilines is 2. The minimum Gasteiger partial charge on any atom is -0.325 e. The summed E-state index contributed by atoms with van der Waals surface area (Å²) in [4.78, 5) is 14.0. The molecule has 9 heteroatoms. The molecule has 2 aromatic carbocycles. The van der Waals surface area contributed by atoms with Crippen LogP contribution in [0.1, 0.15) is 19.3 Å². The monoisotopic (exact) mass is 427 g/mol. The second-order valence-electron chi connectivity index (χ2n) is 6.21. The smallest absolute Gasteiger partial charge is 0.321 e. The number of benzene rings is 2. The van der Waals surface area contributed by atoms with E-state index in [1.54, 1.807) is 29.2 Å². The fourth-order valence-electron chi connectivity index (χ4n) is 2.80. The number of carbonyl (C=O) groups excluding carboxylic acids is 1. The minimum absolute atomic E-state index is 0.0505. The van der Waals surface area contributed by atoms with Crippen LogP contribution in [0, 0.1) is 0 Å². The summed E-state index contributed by atoms with van der Waals surface area (Å²) >= 11 is 11.9. The Bertz CT molecular complexity index is 927. The van der Waals surface area contributed by atoms with Gasteiger partial charge in [0.25, 0.3) is 10.0 Å². The lowest BCUT2D eigenvalue weighted by atomic mass is 10.1. The van der Waals surface area contributed by atoms with Crippen LogP contribution in [0.15, 0.2) is 47.4 Å². The van der Waals surface area contributed by atoms with E-state index in [-0.39, 0.29) is 26.7 Å². The second kappa shape index (κ2) is 8.37. The molecule has 27 heavy (non-hydrogen) atoms. The van der Waals surface area contributed by atoms with Crippen LogP contribution in [0.3, 0.4) is 0 Å². The molecule has 0 saturated carbocycles. The fraction of sp³-hybridized carbons (Fsp3) is 0.278. The first-order valence-corrected chi connectivity index (χ1v) is 10.7. The number of urea groups is 1. The molecule has 1 heterocycles. The molecule has 1 fully saturated rings. The Morgan fingerprint density at radius 3 is 2.30 bits per heavy atom. The van der Waals surface area contributed by atoms with E-state index >= 15 is 0 Å². The number of nitrogens with one attached hydrogen (secondary N) is 2. The van der Waals surface area contributed by atoms with Gasteiger partial charge in [0.1, 0.15) is 0 Å². The summed E-state index contributed by atoms with van der Waals surface area (Å²) in [6.07, 6.45) is 3.14. The summed E-state index contributed by atoms with van der Waals surface area (Å²) in [7, 11) is -3.83. The molecule has 2 amide bonds. The van der Waals surface area contributed by atoms with E-state index in [0.29, 0.717) is 5.69 Å². The predicted molar refractivity (Wildman–Crippen MR) is 108 cm³/mol. The molecule has 1 aliphatic rings. The number of amides is 2. The van der Waals surface area contributed by atoms with Crippen LogP contribution in [-0.2, 0) is 10.0 Å². The Kier molecular flexibility index (Phi) is 6.14. The molecule has 0 spiro atoms. The number of piperidine rings is 1. The Balaban J connectivity index is 1.70. The van der Waals surface area contributed by atoms with Gasteiger partial charge in [-0.25, -0.2) is 13.2 Å². The third-order valence-electron chi connectivity index (χ3n) is 4.26. The third kappa shape index (κ3) is 4.86. The maximum atomic E-state index is 12.5. The quantitative estimate of drug-likeness (QED) is 0.734. The number of halogens is 2. The topological polar surface area (TPSA) is 78.5 Å². The molecule has 144 valence electrons. The highest BCUT2D eigenvalue weighted by atomic mass is 35.5. The first kappa shape index (κ1) is 19.8. The number of sulfonamides is 1. The van der Waals surface area contributed by atoms with Crippen LogP contribution < -0.4 is 10.0 Å². The van der Waals surface area contributed by atoms with Gasteiger partial charge in [0.05, 0.1) is 20.6 Å². The average molecular weight is 428 g/mol. The number of likely N-dealkylation sites (tertiary alicyclic amines) is 1. The van der Waals surface area contributed by atoms with Crippen molar-refractivity contribution in [3.05, 3.63) is 52.5 Å². The summed E-state index contributed by atoms with van der Waals surface area (Å²) in [6, 6.07) is 10.5. The van der Waals surface area contributed by atoms with Gasteiger partial charge in [0.15, 0.2) is 0 Å². The molecule has 0 aromatic heterocycles. The van der Waals surface area contributed by atoms with Crippen molar-refractivity contribution in [2.24, 2.45) is 0 Å². The standard InChI is InChI=1S/C18H19Cl2N3O3S/c19-15-5-4-6-16(17(15)20)22-27(25,26)14-9-7-13(8-10-14)21-18(24)23-11-2-1-3-12-23/h4-10,22H,1-3,11-12H2,(H,21,24). The first-order valence-electron chi connectivity index (χ1n) is 8.50. The van der Waals surface area contributed by atoms with Gasteiger partial charge >= 0.3 is 6.03 Å². The maximum absolute atomic E-state index is 12.5. The molecule has 0 aliphatic carbocycles. The van der Waals surface area contributed by atoms with Crippen molar-refractivity contribution >= 4 is 50.6 Å². The number of nitrogens with zero attached hydrogens (tertiary/aromatic N) is 1. The molecule has 1 aliphatic heterocycles. The molecule has 2 aromatic rings. The molecule has 2 N–H and O–H groups in total. The van der Waals surface area contributed by atoms with Crippen molar-refractivity contribution < 1.29 is 13.2 Å². The second-order valence-corrected chi connectivity index (χ2v) is 8.68. The Morgan fingerprint density at radius 1 is 0.963 bits per heavy atom. The van der Waals surface area contributed by atoms with Gasteiger partial charge in [-0.1, -0.05) is 29.3 Å².